The Kier molecular flexibility index (Phi) is 6.60. The van der Waals surface area contributed by atoms with Crippen molar-refractivity contribution in [3.05, 3.63) is 11.9 Å². The smallest absolute Gasteiger partial charge is 0.0967 e. The van der Waals surface area contributed by atoms with Gasteiger partial charge in [-0.15, -0.1) is 5.10 Å². The van der Waals surface area contributed by atoms with Crippen LogP contribution in [0.4, 0.5) is 0 Å². The molecule has 0 spiro atoms. The standard InChI is InChI=1S/C15H28N4O2/c1-4-20-9-10-21-15-5-7-18(8-6-15)11-14-12-19(13(2)3)17-16-14/h12-13,15H,4-11H2,1-3H3. The highest BCUT2D eigenvalue weighted by Crippen LogP contribution is 2.15. The monoisotopic (exact) mass is 296 g/mol. The Balaban J connectivity index is 1.66. The lowest BCUT2D eigenvalue weighted by atomic mass is 10.1. The molecule has 1 saturated heterocycles. The second-order valence-electron chi connectivity index (χ2n) is 5.83. The van der Waals surface area contributed by atoms with Crippen LogP contribution >= 0.6 is 0 Å². The first kappa shape index (κ1) is 16.4. The summed E-state index contributed by atoms with van der Waals surface area (Å²) in [4.78, 5) is 2.43. The van der Waals surface area contributed by atoms with Crippen molar-refractivity contribution in [2.24, 2.45) is 0 Å². The van der Waals surface area contributed by atoms with Crippen LogP contribution in [0.25, 0.3) is 0 Å². The number of hydrogen-bond donors (Lipinski definition) is 0. The number of piperidine rings is 1. The van der Waals surface area contributed by atoms with E-state index >= 15 is 0 Å². The Hall–Kier alpha value is -0.980. The molecule has 2 rings (SSSR count). The second kappa shape index (κ2) is 8.46. The van der Waals surface area contributed by atoms with Crippen molar-refractivity contribution in [1.29, 1.82) is 0 Å². The van der Waals surface area contributed by atoms with Gasteiger partial charge in [0.15, 0.2) is 0 Å². The van der Waals surface area contributed by atoms with Crippen LogP contribution in [-0.4, -0.2) is 58.9 Å². The highest BCUT2D eigenvalue weighted by Gasteiger charge is 2.20. The van der Waals surface area contributed by atoms with Crippen molar-refractivity contribution in [3.63, 3.8) is 0 Å². The minimum atomic E-state index is 0.371. The molecule has 0 unspecified atom stereocenters. The molecule has 1 aliphatic rings. The fourth-order valence-electron chi connectivity index (χ4n) is 2.52. The average Bonchev–Trinajstić information content (AvgIpc) is 2.94. The van der Waals surface area contributed by atoms with E-state index in [0.717, 1.165) is 44.8 Å². The Morgan fingerprint density at radius 1 is 1.29 bits per heavy atom. The minimum absolute atomic E-state index is 0.371. The van der Waals surface area contributed by atoms with Gasteiger partial charge in [-0.25, -0.2) is 4.68 Å². The van der Waals surface area contributed by atoms with Crippen molar-refractivity contribution < 1.29 is 9.47 Å². The molecule has 0 radical (unpaired) electrons. The molecule has 6 heteroatoms. The topological polar surface area (TPSA) is 52.4 Å². The van der Waals surface area contributed by atoms with Crippen LogP contribution in [-0.2, 0) is 16.0 Å². The Morgan fingerprint density at radius 3 is 2.67 bits per heavy atom. The highest BCUT2D eigenvalue weighted by atomic mass is 16.5. The van der Waals surface area contributed by atoms with E-state index in [-0.39, 0.29) is 0 Å². The first-order chi connectivity index (χ1) is 10.2. The van der Waals surface area contributed by atoms with Crippen LogP contribution < -0.4 is 0 Å². The van der Waals surface area contributed by atoms with Crippen molar-refractivity contribution in [2.45, 2.75) is 52.3 Å². The summed E-state index contributed by atoms with van der Waals surface area (Å²) in [5.41, 5.74) is 1.06. The zero-order chi connectivity index (χ0) is 15.1. The van der Waals surface area contributed by atoms with Gasteiger partial charge in [0.05, 0.1) is 31.2 Å². The van der Waals surface area contributed by atoms with Crippen molar-refractivity contribution in [2.75, 3.05) is 32.9 Å². The van der Waals surface area contributed by atoms with Crippen molar-refractivity contribution in [1.82, 2.24) is 19.9 Å². The number of ether oxygens (including phenoxy) is 2. The lowest BCUT2D eigenvalue weighted by Gasteiger charge is -2.31. The third-order valence-corrected chi connectivity index (χ3v) is 3.79. The molecule has 1 aliphatic heterocycles. The van der Waals surface area contributed by atoms with E-state index in [1.165, 1.54) is 0 Å². The lowest BCUT2D eigenvalue weighted by Crippen LogP contribution is -2.37. The normalized spacial score (nSPS) is 17.7. The summed E-state index contributed by atoms with van der Waals surface area (Å²) in [7, 11) is 0. The van der Waals surface area contributed by atoms with Crippen molar-refractivity contribution in [3.8, 4) is 0 Å². The van der Waals surface area contributed by atoms with Crippen LogP contribution in [0.3, 0.4) is 0 Å². The molecule has 0 bridgehead atoms. The van der Waals surface area contributed by atoms with Gasteiger partial charge in [-0.1, -0.05) is 5.21 Å². The lowest BCUT2D eigenvalue weighted by molar-refractivity contribution is -0.0218. The number of hydrogen-bond acceptors (Lipinski definition) is 5. The number of likely N-dealkylation sites (tertiary alicyclic amines) is 1. The Labute approximate surface area is 127 Å². The molecular formula is C15H28N4O2. The van der Waals surface area contributed by atoms with E-state index < -0.39 is 0 Å². The third-order valence-electron chi connectivity index (χ3n) is 3.79. The fourth-order valence-corrected chi connectivity index (χ4v) is 2.52. The van der Waals surface area contributed by atoms with E-state index in [1.54, 1.807) is 0 Å². The van der Waals surface area contributed by atoms with Gasteiger partial charge in [0.1, 0.15) is 0 Å². The maximum atomic E-state index is 5.84. The van der Waals surface area contributed by atoms with Crippen LogP contribution in [0.5, 0.6) is 0 Å². The first-order valence-corrected chi connectivity index (χ1v) is 8.01. The summed E-state index contributed by atoms with van der Waals surface area (Å²) in [6, 6.07) is 0.371. The third kappa shape index (κ3) is 5.37. The fraction of sp³-hybridized carbons (Fsp3) is 0.867. The molecule has 1 aromatic rings. The van der Waals surface area contributed by atoms with Gasteiger partial charge >= 0.3 is 0 Å². The van der Waals surface area contributed by atoms with Crippen LogP contribution in [0.2, 0.25) is 0 Å². The minimum Gasteiger partial charge on any atom is -0.379 e. The molecule has 0 aromatic carbocycles. The predicted molar refractivity (Wildman–Crippen MR) is 81.2 cm³/mol. The van der Waals surface area contributed by atoms with Gasteiger partial charge in [0.25, 0.3) is 0 Å². The molecule has 0 atom stereocenters. The summed E-state index contributed by atoms with van der Waals surface area (Å²) in [5, 5.41) is 8.40. The number of rotatable bonds is 8. The average molecular weight is 296 g/mol. The summed E-state index contributed by atoms with van der Waals surface area (Å²) < 4.78 is 13.0. The second-order valence-corrected chi connectivity index (χ2v) is 5.83. The van der Waals surface area contributed by atoms with E-state index in [2.05, 4.69) is 35.3 Å². The molecular weight excluding hydrogens is 268 g/mol. The molecule has 0 aliphatic carbocycles. The predicted octanol–water partition coefficient (Wildman–Crippen LogP) is 1.88. The summed E-state index contributed by atoms with van der Waals surface area (Å²) in [6.07, 6.45) is 4.61. The molecule has 120 valence electrons. The molecule has 0 N–H and O–H groups in total. The van der Waals surface area contributed by atoms with Gasteiger partial charge < -0.3 is 9.47 Å². The molecule has 2 heterocycles. The molecule has 21 heavy (non-hydrogen) atoms. The van der Waals surface area contributed by atoms with Gasteiger partial charge in [-0.3, -0.25) is 4.90 Å². The van der Waals surface area contributed by atoms with Crippen LogP contribution in [0.15, 0.2) is 6.20 Å². The highest BCUT2D eigenvalue weighted by molar-refractivity contribution is 4.93. The molecule has 1 fully saturated rings. The van der Waals surface area contributed by atoms with E-state index in [9.17, 15) is 0 Å². The van der Waals surface area contributed by atoms with Gasteiger partial charge in [0, 0.05) is 32.3 Å². The van der Waals surface area contributed by atoms with E-state index in [4.69, 9.17) is 9.47 Å². The van der Waals surface area contributed by atoms with Crippen molar-refractivity contribution >= 4 is 0 Å². The molecule has 0 amide bonds. The zero-order valence-corrected chi connectivity index (χ0v) is 13.5. The van der Waals surface area contributed by atoms with E-state index in [1.807, 2.05) is 11.6 Å². The molecule has 1 aromatic heterocycles. The Bertz CT molecular complexity index is 400. The van der Waals surface area contributed by atoms with Crippen LogP contribution in [0.1, 0.15) is 45.3 Å². The maximum Gasteiger partial charge on any atom is 0.0967 e. The van der Waals surface area contributed by atoms with Gasteiger partial charge in [0.2, 0.25) is 0 Å². The SMILES string of the molecule is CCOCCOC1CCN(Cc2cn(C(C)C)nn2)CC1. The molecule has 0 saturated carbocycles. The van der Waals surface area contributed by atoms with Gasteiger partial charge in [-0.2, -0.15) is 0 Å². The first-order valence-electron chi connectivity index (χ1n) is 8.01. The summed E-state index contributed by atoms with van der Waals surface area (Å²) >= 11 is 0. The van der Waals surface area contributed by atoms with Gasteiger partial charge in [-0.05, 0) is 33.6 Å². The van der Waals surface area contributed by atoms with Crippen LogP contribution in [0, 0.1) is 0 Å². The quantitative estimate of drug-likeness (QED) is 0.686. The van der Waals surface area contributed by atoms with E-state index in [0.29, 0.717) is 25.4 Å². The largest absolute Gasteiger partial charge is 0.379 e. The summed E-state index contributed by atoms with van der Waals surface area (Å²) in [6.45, 7) is 11.4. The molecule has 6 nitrogen and oxygen atoms in total. The maximum absolute atomic E-state index is 5.84. The number of aromatic nitrogens is 3. The number of nitrogens with zero attached hydrogens (tertiary/aromatic N) is 4. The summed E-state index contributed by atoms with van der Waals surface area (Å²) in [5.74, 6) is 0. The Morgan fingerprint density at radius 2 is 2.05 bits per heavy atom. The zero-order valence-electron chi connectivity index (χ0n) is 13.5.